The SMILES string of the molecule is COc1ccsc1CN1CCC(N)C1. The van der Waals surface area contributed by atoms with Crippen LogP contribution in [0.2, 0.25) is 0 Å². The highest BCUT2D eigenvalue weighted by molar-refractivity contribution is 7.10. The topological polar surface area (TPSA) is 38.5 Å². The molecule has 0 amide bonds. The summed E-state index contributed by atoms with van der Waals surface area (Å²) in [5.41, 5.74) is 5.86. The van der Waals surface area contributed by atoms with E-state index in [2.05, 4.69) is 10.3 Å². The van der Waals surface area contributed by atoms with Crippen molar-refractivity contribution < 1.29 is 4.74 Å². The van der Waals surface area contributed by atoms with Crippen LogP contribution >= 0.6 is 11.3 Å². The van der Waals surface area contributed by atoms with Crippen molar-refractivity contribution in [1.29, 1.82) is 0 Å². The summed E-state index contributed by atoms with van der Waals surface area (Å²) in [5, 5.41) is 2.07. The quantitative estimate of drug-likeness (QED) is 0.820. The third kappa shape index (κ3) is 2.08. The lowest BCUT2D eigenvalue weighted by Crippen LogP contribution is -2.26. The van der Waals surface area contributed by atoms with Gasteiger partial charge in [0.05, 0.1) is 12.0 Å². The van der Waals surface area contributed by atoms with Gasteiger partial charge in [-0.1, -0.05) is 0 Å². The molecule has 3 nitrogen and oxygen atoms in total. The molecule has 78 valence electrons. The molecule has 2 heterocycles. The Kier molecular flexibility index (Phi) is 3.05. The maximum absolute atomic E-state index is 5.86. The van der Waals surface area contributed by atoms with Gasteiger partial charge in [0.2, 0.25) is 0 Å². The smallest absolute Gasteiger partial charge is 0.134 e. The van der Waals surface area contributed by atoms with Crippen molar-refractivity contribution in [3.05, 3.63) is 16.3 Å². The number of rotatable bonds is 3. The minimum absolute atomic E-state index is 0.362. The minimum atomic E-state index is 0.362. The second-order valence-corrected chi connectivity index (χ2v) is 4.70. The molecule has 1 aliphatic rings. The van der Waals surface area contributed by atoms with Crippen molar-refractivity contribution in [3.63, 3.8) is 0 Å². The lowest BCUT2D eigenvalue weighted by molar-refractivity contribution is 0.321. The monoisotopic (exact) mass is 212 g/mol. The number of hydrogen-bond acceptors (Lipinski definition) is 4. The lowest BCUT2D eigenvalue weighted by Gasteiger charge is -2.14. The highest BCUT2D eigenvalue weighted by Crippen LogP contribution is 2.26. The molecule has 0 saturated carbocycles. The van der Waals surface area contributed by atoms with E-state index in [1.54, 1.807) is 18.4 Å². The summed E-state index contributed by atoms with van der Waals surface area (Å²) in [5.74, 6) is 1.01. The molecule has 1 unspecified atom stereocenters. The van der Waals surface area contributed by atoms with Crippen molar-refractivity contribution >= 4 is 11.3 Å². The first-order chi connectivity index (χ1) is 6.79. The second-order valence-electron chi connectivity index (χ2n) is 3.70. The van der Waals surface area contributed by atoms with Crippen molar-refractivity contribution in [1.82, 2.24) is 4.90 Å². The zero-order valence-electron chi connectivity index (χ0n) is 8.40. The van der Waals surface area contributed by atoms with Crippen LogP contribution in [0.25, 0.3) is 0 Å². The highest BCUT2D eigenvalue weighted by atomic mass is 32.1. The van der Waals surface area contributed by atoms with Gasteiger partial charge in [-0.2, -0.15) is 0 Å². The van der Waals surface area contributed by atoms with Crippen molar-refractivity contribution in [2.75, 3.05) is 20.2 Å². The average Bonchev–Trinajstić information content (AvgIpc) is 2.76. The van der Waals surface area contributed by atoms with Gasteiger partial charge in [-0.15, -0.1) is 11.3 Å². The van der Waals surface area contributed by atoms with Crippen molar-refractivity contribution in [2.24, 2.45) is 5.73 Å². The molecule has 1 atom stereocenters. The van der Waals surface area contributed by atoms with Gasteiger partial charge in [-0.05, 0) is 17.9 Å². The molecule has 1 aliphatic heterocycles. The largest absolute Gasteiger partial charge is 0.496 e. The van der Waals surface area contributed by atoms with E-state index in [1.165, 1.54) is 4.88 Å². The predicted octanol–water partition coefficient (Wildman–Crippen LogP) is 1.29. The minimum Gasteiger partial charge on any atom is -0.496 e. The van der Waals surface area contributed by atoms with Crippen LogP contribution in [-0.2, 0) is 6.54 Å². The Bertz CT molecular complexity index is 300. The molecule has 0 aromatic carbocycles. The van der Waals surface area contributed by atoms with Crippen LogP contribution in [-0.4, -0.2) is 31.1 Å². The van der Waals surface area contributed by atoms with E-state index in [0.717, 1.165) is 31.8 Å². The Balaban J connectivity index is 1.97. The fraction of sp³-hybridized carbons (Fsp3) is 0.600. The Hall–Kier alpha value is -0.580. The lowest BCUT2D eigenvalue weighted by atomic mass is 10.3. The maximum atomic E-state index is 5.86. The van der Waals surface area contributed by atoms with E-state index in [0.29, 0.717) is 6.04 Å². The normalized spacial score (nSPS) is 22.9. The third-order valence-corrected chi connectivity index (χ3v) is 3.49. The van der Waals surface area contributed by atoms with Crippen LogP contribution in [0.1, 0.15) is 11.3 Å². The molecule has 0 aliphatic carbocycles. The molecule has 1 fully saturated rings. The first-order valence-electron chi connectivity index (χ1n) is 4.88. The molecule has 1 aromatic rings. The first kappa shape index (κ1) is 9.96. The number of ether oxygens (including phenoxy) is 1. The van der Waals surface area contributed by atoms with Crippen LogP contribution in [0.5, 0.6) is 5.75 Å². The number of likely N-dealkylation sites (tertiary alicyclic amines) is 1. The summed E-state index contributed by atoms with van der Waals surface area (Å²) >= 11 is 1.75. The van der Waals surface area contributed by atoms with E-state index in [1.807, 2.05) is 6.07 Å². The Labute approximate surface area is 88.5 Å². The molecular formula is C10H16N2OS. The summed E-state index contributed by atoms with van der Waals surface area (Å²) in [6, 6.07) is 2.39. The fourth-order valence-electron chi connectivity index (χ4n) is 1.84. The number of nitrogens with two attached hydrogens (primary N) is 1. The molecule has 0 radical (unpaired) electrons. The molecule has 0 spiro atoms. The maximum Gasteiger partial charge on any atom is 0.134 e. The zero-order valence-corrected chi connectivity index (χ0v) is 9.22. The molecule has 4 heteroatoms. The Morgan fingerprint density at radius 2 is 2.57 bits per heavy atom. The summed E-state index contributed by atoms with van der Waals surface area (Å²) in [6.45, 7) is 3.11. The molecular weight excluding hydrogens is 196 g/mol. The van der Waals surface area contributed by atoms with Gasteiger partial charge in [0.15, 0.2) is 0 Å². The number of nitrogens with zero attached hydrogens (tertiary/aromatic N) is 1. The standard InChI is InChI=1S/C10H16N2OS/c1-13-9-3-5-14-10(9)7-12-4-2-8(11)6-12/h3,5,8H,2,4,6-7,11H2,1H3. The van der Waals surface area contributed by atoms with Crippen LogP contribution in [0, 0.1) is 0 Å². The molecule has 2 rings (SSSR count). The number of hydrogen-bond donors (Lipinski definition) is 1. The first-order valence-corrected chi connectivity index (χ1v) is 5.76. The average molecular weight is 212 g/mol. The third-order valence-electron chi connectivity index (χ3n) is 2.60. The van der Waals surface area contributed by atoms with Gasteiger partial charge >= 0.3 is 0 Å². The molecule has 14 heavy (non-hydrogen) atoms. The summed E-state index contributed by atoms with van der Waals surface area (Å²) in [6.07, 6.45) is 1.12. The van der Waals surface area contributed by atoms with Crippen LogP contribution in [0.4, 0.5) is 0 Å². The molecule has 1 saturated heterocycles. The van der Waals surface area contributed by atoms with E-state index in [-0.39, 0.29) is 0 Å². The Morgan fingerprint density at radius 3 is 3.21 bits per heavy atom. The van der Waals surface area contributed by atoms with E-state index >= 15 is 0 Å². The number of methoxy groups -OCH3 is 1. The van der Waals surface area contributed by atoms with Gasteiger partial charge in [-0.3, -0.25) is 4.90 Å². The number of thiophene rings is 1. The predicted molar refractivity (Wildman–Crippen MR) is 58.7 cm³/mol. The zero-order chi connectivity index (χ0) is 9.97. The van der Waals surface area contributed by atoms with Gasteiger partial charge in [0.25, 0.3) is 0 Å². The fourth-order valence-corrected chi connectivity index (χ4v) is 2.72. The van der Waals surface area contributed by atoms with Crippen molar-refractivity contribution in [2.45, 2.75) is 19.0 Å². The van der Waals surface area contributed by atoms with Gasteiger partial charge in [-0.25, -0.2) is 0 Å². The molecule has 2 N–H and O–H groups in total. The van der Waals surface area contributed by atoms with Gasteiger partial charge < -0.3 is 10.5 Å². The summed E-state index contributed by atoms with van der Waals surface area (Å²) < 4.78 is 5.27. The van der Waals surface area contributed by atoms with Gasteiger partial charge in [0.1, 0.15) is 5.75 Å². The summed E-state index contributed by atoms with van der Waals surface area (Å²) in [7, 11) is 1.72. The highest BCUT2D eigenvalue weighted by Gasteiger charge is 2.20. The van der Waals surface area contributed by atoms with E-state index < -0.39 is 0 Å². The van der Waals surface area contributed by atoms with Crippen LogP contribution in [0.3, 0.4) is 0 Å². The molecule has 0 bridgehead atoms. The Morgan fingerprint density at radius 1 is 1.71 bits per heavy atom. The van der Waals surface area contributed by atoms with Crippen molar-refractivity contribution in [3.8, 4) is 5.75 Å². The van der Waals surface area contributed by atoms with E-state index in [4.69, 9.17) is 10.5 Å². The van der Waals surface area contributed by atoms with E-state index in [9.17, 15) is 0 Å². The summed E-state index contributed by atoms with van der Waals surface area (Å²) in [4.78, 5) is 3.69. The van der Waals surface area contributed by atoms with Gasteiger partial charge in [0, 0.05) is 25.7 Å². The van der Waals surface area contributed by atoms with Crippen LogP contribution < -0.4 is 10.5 Å². The molecule has 1 aromatic heterocycles. The second kappa shape index (κ2) is 4.29. The van der Waals surface area contributed by atoms with Crippen LogP contribution in [0.15, 0.2) is 11.4 Å².